The molecule has 5 aromatic carbocycles. The van der Waals surface area contributed by atoms with Crippen LogP contribution in [0.1, 0.15) is 16.7 Å². The molecule has 0 atom stereocenters. The summed E-state index contributed by atoms with van der Waals surface area (Å²) in [5, 5.41) is 6.86. The van der Waals surface area contributed by atoms with Gasteiger partial charge in [-0.15, -0.1) is 0 Å². The number of hydrazone groups is 1. The lowest BCUT2D eigenvalue weighted by molar-refractivity contribution is 0.800. The Labute approximate surface area is 213 Å². The first-order valence-electron chi connectivity index (χ1n) is 12.2. The SMILES string of the molecule is C(=N\N(c1ccccc1)c1ccccc1)/c1cccc(N(Cc2ccccc2)Cc2ccccc2)c1. The monoisotopic (exact) mass is 467 g/mol. The fourth-order valence-electron chi connectivity index (χ4n) is 4.19. The molecule has 0 aromatic heterocycles. The number of anilines is 3. The van der Waals surface area contributed by atoms with Crippen LogP contribution < -0.4 is 9.91 Å². The maximum absolute atomic E-state index is 4.89. The molecular weight excluding hydrogens is 438 g/mol. The van der Waals surface area contributed by atoms with Gasteiger partial charge in [0.25, 0.3) is 0 Å². The van der Waals surface area contributed by atoms with Crippen molar-refractivity contribution in [1.82, 2.24) is 0 Å². The van der Waals surface area contributed by atoms with Gasteiger partial charge in [-0.1, -0.05) is 109 Å². The van der Waals surface area contributed by atoms with E-state index in [1.807, 2.05) is 47.6 Å². The van der Waals surface area contributed by atoms with Gasteiger partial charge in [0.1, 0.15) is 0 Å². The summed E-state index contributed by atoms with van der Waals surface area (Å²) in [6.45, 7) is 1.66. The molecule has 0 N–H and O–H groups in total. The standard InChI is InChI=1S/C33H29N3/c1-5-14-28(15-6-1)26-35(27-29-16-7-2-8-17-29)33-23-13-18-30(24-33)25-34-36(31-19-9-3-10-20-31)32-21-11-4-12-22-32/h1-25H,26-27H2/b34-25+. The summed E-state index contributed by atoms with van der Waals surface area (Å²) in [6.07, 6.45) is 1.94. The summed E-state index contributed by atoms with van der Waals surface area (Å²) in [5.41, 5.74) is 6.82. The first-order chi connectivity index (χ1) is 17.8. The largest absolute Gasteiger partial charge is 0.363 e. The maximum atomic E-state index is 4.89. The molecule has 5 rings (SSSR count). The van der Waals surface area contributed by atoms with E-state index in [4.69, 9.17) is 5.10 Å². The lowest BCUT2D eigenvalue weighted by Crippen LogP contribution is -2.22. The van der Waals surface area contributed by atoms with Crippen molar-refractivity contribution >= 4 is 23.3 Å². The van der Waals surface area contributed by atoms with Gasteiger partial charge in [-0.25, -0.2) is 5.01 Å². The molecule has 0 heterocycles. The van der Waals surface area contributed by atoms with E-state index in [1.165, 1.54) is 11.1 Å². The van der Waals surface area contributed by atoms with E-state index in [0.717, 1.165) is 35.7 Å². The number of para-hydroxylation sites is 2. The van der Waals surface area contributed by atoms with Crippen LogP contribution >= 0.6 is 0 Å². The molecule has 0 unspecified atom stereocenters. The Balaban J connectivity index is 1.44. The first kappa shape index (κ1) is 23.1. The maximum Gasteiger partial charge on any atom is 0.0652 e. The predicted molar refractivity (Wildman–Crippen MR) is 152 cm³/mol. The van der Waals surface area contributed by atoms with E-state index in [2.05, 4.69) is 114 Å². The molecule has 36 heavy (non-hydrogen) atoms. The van der Waals surface area contributed by atoms with Crippen molar-refractivity contribution in [1.29, 1.82) is 0 Å². The minimum absolute atomic E-state index is 0.830. The van der Waals surface area contributed by atoms with Gasteiger partial charge < -0.3 is 4.90 Å². The first-order valence-corrected chi connectivity index (χ1v) is 12.2. The zero-order valence-electron chi connectivity index (χ0n) is 20.2. The fraction of sp³-hybridized carbons (Fsp3) is 0.0606. The zero-order valence-corrected chi connectivity index (χ0v) is 20.2. The summed E-state index contributed by atoms with van der Waals surface area (Å²) in [5.74, 6) is 0. The lowest BCUT2D eigenvalue weighted by atomic mass is 10.1. The van der Waals surface area contributed by atoms with Crippen molar-refractivity contribution in [2.45, 2.75) is 13.1 Å². The van der Waals surface area contributed by atoms with Gasteiger partial charge in [0, 0.05) is 18.8 Å². The van der Waals surface area contributed by atoms with Crippen LogP contribution in [0, 0.1) is 0 Å². The van der Waals surface area contributed by atoms with Gasteiger partial charge in [0.2, 0.25) is 0 Å². The summed E-state index contributed by atoms with van der Waals surface area (Å²) in [4.78, 5) is 2.41. The fourth-order valence-corrected chi connectivity index (χ4v) is 4.19. The Morgan fingerprint density at radius 2 is 0.917 bits per heavy atom. The normalized spacial score (nSPS) is 10.9. The minimum atomic E-state index is 0.830. The highest BCUT2D eigenvalue weighted by atomic mass is 15.5. The smallest absolute Gasteiger partial charge is 0.0652 e. The van der Waals surface area contributed by atoms with Gasteiger partial charge in [-0.3, -0.25) is 0 Å². The quantitative estimate of drug-likeness (QED) is 0.161. The second-order valence-electron chi connectivity index (χ2n) is 8.65. The number of hydrogen-bond acceptors (Lipinski definition) is 3. The zero-order chi connectivity index (χ0) is 24.4. The average Bonchev–Trinajstić information content (AvgIpc) is 2.95. The van der Waals surface area contributed by atoms with Gasteiger partial charge in [0.05, 0.1) is 17.6 Å². The molecule has 0 radical (unpaired) electrons. The van der Waals surface area contributed by atoms with Gasteiger partial charge in [-0.2, -0.15) is 5.10 Å². The van der Waals surface area contributed by atoms with E-state index in [1.54, 1.807) is 0 Å². The van der Waals surface area contributed by atoms with Crippen LogP contribution in [0.2, 0.25) is 0 Å². The van der Waals surface area contributed by atoms with Crippen molar-refractivity contribution < 1.29 is 0 Å². The van der Waals surface area contributed by atoms with E-state index in [9.17, 15) is 0 Å². The van der Waals surface area contributed by atoms with Crippen molar-refractivity contribution in [3.63, 3.8) is 0 Å². The Morgan fingerprint density at radius 1 is 0.472 bits per heavy atom. The van der Waals surface area contributed by atoms with E-state index < -0.39 is 0 Å². The molecule has 3 heteroatoms. The van der Waals surface area contributed by atoms with Gasteiger partial charge in [0.15, 0.2) is 0 Å². The van der Waals surface area contributed by atoms with Gasteiger partial charge in [-0.05, 0) is 53.1 Å². The minimum Gasteiger partial charge on any atom is -0.363 e. The Kier molecular flexibility index (Phi) is 7.50. The van der Waals surface area contributed by atoms with Crippen LogP contribution in [0.5, 0.6) is 0 Å². The Hall–Kier alpha value is -4.63. The molecule has 0 saturated heterocycles. The predicted octanol–water partition coefficient (Wildman–Crippen LogP) is 8.07. The van der Waals surface area contributed by atoms with E-state index in [-0.39, 0.29) is 0 Å². The van der Waals surface area contributed by atoms with Crippen LogP contribution in [0.25, 0.3) is 0 Å². The molecule has 176 valence electrons. The van der Waals surface area contributed by atoms with E-state index >= 15 is 0 Å². The summed E-state index contributed by atoms with van der Waals surface area (Å²) in [6, 6.07) is 50.3. The van der Waals surface area contributed by atoms with Crippen LogP contribution in [0.4, 0.5) is 17.1 Å². The van der Waals surface area contributed by atoms with Crippen molar-refractivity contribution in [2.24, 2.45) is 5.10 Å². The van der Waals surface area contributed by atoms with E-state index in [0.29, 0.717) is 0 Å². The van der Waals surface area contributed by atoms with Crippen molar-refractivity contribution in [3.05, 3.63) is 162 Å². The summed E-state index contributed by atoms with van der Waals surface area (Å²) < 4.78 is 0. The molecule has 0 aliphatic heterocycles. The number of rotatable bonds is 9. The highest BCUT2D eigenvalue weighted by Gasteiger charge is 2.10. The lowest BCUT2D eigenvalue weighted by Gasteiger charge is -2.26. The Bertz CT molecular complexity index is 1290. The van der Waals surface area contributed by atoms with Crippen molar-refractivity contribution in [2.75, 3.05) is 9.91 Å². The van der Waals surface area contributed by atoms with Crippen LogP contribution in [-0.2, 0) is 13.1 Å². The Morgan fingerprint density at radius 3 is 1.42 bits per heavy atom. The topological polar surface area (TPSA) is 18.8 Å². The third-order valence-corrected chi connectivity index (χ3v) is 5.99. The van der Waals surface area contributed by atoms with Crippen LogP contribution in [-0.4, -0.2) is 6.21 Å². The molecule has 0 aliphatic rings. The molecule has 0 saturated carbocycles. The summed E-state index contributed by atoms with van der Waals surface area (Å²) >= 11 is 0. The number of benzene rings is 5. The third-order valence-electron chi connectivity index (χ3n) is 5.99. The molecule has 5 aromatic rings. The molecule has 3 nitrogen and oxygen atoms in total. The molecular formula is C33H29N3. The molecule has 0 aliphatic carbocycles. The van der Waals surface area contributed by atoms with Gasteiger partial charge >= 0.3 is 0 Å². The van der Waals surface area contributed by atoms with Crippen molar-refractivity contribution in [3.8, 4) is 0 Å². The highest BCUT2D eigenvalue weighted by Crippen LogP contribution is 2.26. The summed E-state index contributed by atoms with van der Waals surface area (Å²) in [7, 11) is 0. The molecule has 0 spiro atoms. The second kappa shape index (κ2) is 11.7. The average molecular weight is 468 g/mol. The van der Waals surface area contributed by atoms with Crippen LogP contribution in [0.3, 0.4) is 0 Å². The molecule has 0 amide bonds. The third kappa shape index (κ3) is 6.08. The van der Waals surface area contributed by atoms with Crippen LogP contribution in [0.15, 0.2) is 151 Å². The highest BCUT2D eigenvalue weighted by molar-refractivity contribution is 5.83. The number of hydrogen-bond donors (Lipinski definition) is 0. The molecule has 0 fully saturated rings. The molecule has 0 bridgehead atoms. The number of nitrogens with zero attached hydrogens (tertiary/aromatic N) is 3. The second-order valence-corrected chi connectivity index (χ2v) is 8.65.